The number of ether oxygens (including phenoxy) is 2. The van der Waals surface area contributed by atoms with Gasteiger partial charge in [0.25, 0.3) is 0 Å². The highest BCUT2D eigenvalue weighted by Gasteiger charge is 2.15. The van der Waals surface area contributed by atoms with Gasteiger partial charge < -0.3 is 14.6 Å². The number of carbonyl (C=O) groups excluding carboxylic acids is 2. The van der Waals surface area contributed by atoms with Crippen LogP contribution in [0.15, 0.2) is 73.8 Å². The van der Waals surface area contributed by atoms with Crippen molar-refractivity contribution in [2.75, 3.05) is 0 Å². The van der Waals surface area contributed by atoms with Crippen LogP contribution in [0.1, 0.15) is 11.1 Å². The van der Waals surface area contributed by atoms with Gasteiger partial charge in [0.05, 0.1) is 6.10 Å². The molecular formula is C21H20O5. The first-order valence-electron chi connectivity index (χ1n) is 8.06. The first-order valence-corrected chi connectivity index (χ1v) is 8.06. The van der Waals surface area contributed by atoms with E-state index in [9.17, 15) is 14.7 Å². The lowest BCUT2D eigenvalue weighted by atomic mass is 10.00. The SMILES string of the molecule is C=CC(=O)Oc1ccccc1CC(O)Cc1ccccc1OC(=O)C=C. The Hall–Kier alpha value is -3.18. The monoisotopic (exact) mass is 352 g/mol. The molecule has 0 aliphatic heterocycles. The predicted molar refractivity (Wildman–Crippen MR) is 98.0 cm³/mol. The largest absolute Gasteiger partial charge is 0.423 e. The summed E-state index contributed by atoms with van der Waals surface area (Å²) < 4.78 is 10.4. The fraction of sp³-hybridized carbons (Fsp3) is 0.143. The van der Waals surface area contributed by atoms with Crippen LogP contribution >= 0.6 is 0 Å². The average molecular weight is 352 g/mol. The van der Waals surface area contributed by atoms with Gasteiger partial charge in [-0.25, -0.2) is 9.59 Å². The van der Waals surface area contributed by atoms with E-state index in [1.165, 1.54) is 0 Å². The number of rotatable bonds is 8. The van der Waals surface area contributed by atoms with Crippen molar-refractivity contribution < 1.29 is 24.2 Å². The molecule has 0 fully saturated rings. The molecule has 26 heavy (non-hydrogen) atoms. The number of esters is 2. The summed E-state index contributed by atoms with van der Waals surface area (Å²) in [5.74, 6) is -0.368. The molecule has 0 atom stereocenters. The molecule has 0 radical (unpaired) electrons. The molecular weight excluding hydrogens is 332 g/mol. The van der Waals surface area contributed by atoms with E-state index < -0.39 is 18.0 Å². The summed E-state index contributed by atoms with van der Waals surface area (Å²) in [6.07, 6.45) is 1.94. The number of hydrogen-bond acceptors (Lipinski definition) is 5. The summed E-state index contributed by atoms with van der Waals surface area (Å²) in [6, 6.07) is 13.9. The molecule has 0 unspecified atom stereocenters. The highest BCUT2D eigenvalue weighted by atomic mass is 16.5. The quantitative estimate of drug-likeness (QED) is 0.449. The van der Waals surface area contributed by atoms with Crippen molar-refractivity contribution in [1.29, 1.82) is 0 Å². The Morgan fingerprint density at radius 2 is 1.23 bits per heavy atom. The molecule has 2 aromatic carbocycles. The highest BCUT2D eigenvalue weighted by molar-refractivity contribution is 5.84. The molecule has 0 spiro atoms. The molecule has 0 heterocycles. The van der Waals surface area contributed by atoms with E-state index >= 15 is 0 Å². The Morgan fingerprint density at radius 3 is 1.62 bits per heavy atom. The van der Waals surface area contributed by atoms with Crippen molar-refractivity contribution in [3.05, 3.63) is 85.0 Å². The van der Waals surface area contributed by atoms with Gasteiger partial charge in [-0.3, -0.25) is 0 Å². The van der Waals surface area contributed by atoms with E-state index in [1.54, 1.807) is 48.5 Å². The Balaban J connectivity index is 2.11. The third kappa shape index (κ3) is 5.43. The van der Waals surface area contributed by atoms with Gasteiger partial charge in [0.1, 0.15) is 11.5 Å². The lowest BCUT2D eigenvalue weighted by Crippen LogP contribution is -2.16. The minimum atomic E-state index is -0.762. The van der Waals surface area contributed by atoms with Gasteiger partial charge in [0, 0.05) is 25.0 Å². The Kier molecular flexibility index (Phi) is 6.88. The first kappa shape index (κ1) is 19.1. The summed E-state index contributed by atoms with van der Waals surface area (Å²) in [5.41, 5.74) is 1.38. The van der Waals surface area contributed by atoms with Crippen LogP contribution in [0.3, 0.4) is 0 Å². The van der Waals surface area contributed by atoms with Crippen molar-refractivity contribution in [2.24, 2.45) is 0 Å². The van der Waals surface area contributed by atoms with Crippen LogP contribution in [0.2, 0.25) is 0 Å². The molecule has 0 saturated carbocycles. The van der Waals surface area contributed by atoms with Gasteiger partial charge in [-0.2, -0.15) is 0 Å². The van der Waals surface area contributed by atoms with Crippen LogP contribution in [-0.2, 0) is 22.4 Å². The van der Waals surface area contributed by atoms with Gasteiger partial charge in [0.15, 0.2) is 0 Å². The topological polar surface area (TPSA) is 72.8 Å². The molecule has 5 heteroatoms. The highest BCUT2D eigenvalue weighted by Crippen LogP contribution is 2.24. The van der Waals surface area contributed by atoms with Gasteiger partial charge >= 0.3 is 11.9 Å². The zero-order chi connectivity index (χ0) is 18.9. The van der Waals surface area contributed by atoms with E-state index in [0.717, 1.165) is 12.2 Å². The van der Waals surface area contributed by atoms with Crippen molar-refractivity contribution >= 4 is 11.9 Å². The standard InChI is InChI=1S/C21H20O5/c1-3-20(23)25-18-11-7-5-9-15(18)13-17(22)14-16-10-6-8-12-19(16)26-21(24)4-2/h3-12,17,22H,1-2,13-14H2. The minimum absolute atomic E-state index is 0.268. The zero-order valence-corrected chi connectivity index (χ0v) is 14.3. The molecule has 2 rings (SSSR count). The molecule has 0 aliphatic rings. The van der Waals surface area contributed by atoms with E-state index in [0.29, 0.717) is 22.6 Å². The smallest absolute Gasteiger partial charge is 0.335 e. The molecule has 0 amide bonds. The molecule has 134 valence electrons. The molecule has 0 bridgehead atoms. The number of benzene rings is 2. The second kappa shape index (κ2) is 9.34. The van der Waals surface area contributed by atoms with Crippen molar-refractivity contribution in [1.82, 2.24) is 0 Å². The second-order valence-electron chi connectivity index (χ2n) is 5.53. The third-order valence-electron chi connectivity index (χ3n) is 3.61. The first-order chi connectivity index (χ1) is 12.5. The van der Waals surface area contributed by atoms with Crippen LogP contribution in [0, 0.1) is 0 Å². The van der Waals surface area contributed by atoms with E-state index in [-0.39, 0.29) is 12.8 Å². The van der Waals surface area contributed by atoms with Crippen molar-refractivity contribution in [3.8, 4) is 11.5 Å². The summed E-state index contributed by atoms with van der Waals surface area (Å²) in [7, 11) is 0. The van der Waals surface area contributed by atoms with Crippen LogP contribution in [0.4, 0.5) is 0 Å². The van der Waals surface area contributed by atoms with E-state index in [2.05, 4.69) is 13.2 Å². The van der Waals surface area contributed by atoms with Crippen molar-refractivity contribution in [2.45, 2.75) is 18.9 Å². The van der Waals surface area contributed by atoms with Crippen LogP contribution in [0.5, 0.6) is 11.5 Å². The fourth-order valence-corrected chi connectivity index (χ4v) is 2.42. The average Bonchev–Trinajstić information content (AvgIpc) is 2.64. The third-order valence-corrected chi connectivity index (χ3v) is 3.61. The van der Waals surface area contributed by atoms with E-state index in [1.807, 2.05) is 0 Å². The summed E-state index contributed by atoms with van der Waals surface area (Å²) in [4.78, 5) is 22.9. The Bertz CT molecular complexity index is 742. The molecule has 5 nitrogen and oxygen atoms in total. The summed E-state index contributed by atoms with van der Waals surface area (Å²) in [5, 5.41) is 10.5. The molecule has 2 aromatic rings. The van der Waals surface area contributed by atoms with Crippen LogP contribution in [0.25, 0.3) is 0 Å². The predicted octanol–water partition coefficient (Wildman–Crippen LogP) is 3.02. The van der Waals surface area contributed by atoms with Gasteiger partial charge in [-0.1, -0.05) is 49.6 Å². The number of carbonyl (C=O) groups is 2. The van der Waals surface area contributed by atoms with E-state index in [4.69, 9.17) is 9.47 Å². The fourth-order valence-electron chi connectivity index (χ4n) is 2.42. The van der Waals surface area contributed by atoms with Crippen LogP contribution in [-0.4, -0.2) is 23.1 Å². The molecule has 0 aromatic heterocycles. The maximum atomic E-state index is 11.4. The maximum Gasteiger partial charge on any atom is 0.335 e. The second-order valence-corrected chi connectivity index (χ2v) is 5.53. The molecule has 0 aliphatic carbocycles. The lowest BCUT2D eigenvalue weighted by Gasteiger charge is -2.15. The molecule has 0 saturated heterocycles. The Labute approximate surface area is 152 Å². The number of hydrogen-bond donors (Lipinski definition) is 1. The summed E-state index contributed by atoms with van der Waals surface area (Å²) in [6.45, 7) is 6.74. The normalized spacial score (nSPS) is 10.2. The minimum Gasteiger partial charge on any atom is -0.423 e. The molecule has 1 N–H and O–H groups in total. The number of para-hydroxylation sites is 2. The van der Waals surface area contributed by atoms with Gasteiger partial charge in [-0.15, -0.1) is 0 Å². The van der Waals surface area contributed by atoms with Crippen molar-refractivity contribution in [3.63, 3.8) is 0 Å². The number of aliphatic hydroxyl groups is 1. The summed E-state index contributed by atoms with van der Waals surface area (Å²) >= 11 is 0. The lowest BCUT2D eigenvalue weighted by molar-refractivity contribution is -0.129. The maximum absolute atomic E-state index is 11.4. The Morgan fingerprint density at radius 1 is 0.846 bits per heavy atom. The van der Waals surface area contributed by atoms with Gasteiger partial charge in [0.2, 0.25) is 0 Å². The van der Waals surface area contributed by atoms with Crippen LogP contribution < -0.4 is 9.47 Å². The zero-order valence-electron chi connectivity index (χ0n) is 14.3. The van der Waals surface area contributed by atoms with Gasteiger partial charge in [-0.05, 0) is 23.3 Å². The number of aliphatic hydroxyl groups excluding tert-OH is 1.